The lowest BCUT2D eigenvalue weighted by Gasteiger charge is -2.43. The molecule has 1 aliphatic carbocycles. The maximum atomic E-state index is 13.1. The molecule has 4 rings (SSSR count). The molecule has 5 nitrogen and oxygen atoms in total. The van der Waals surface area contributed by atoms with Crippen molar-refractivity contribution in [2.75, 3.05) is 13.1 Å². The van der Waals surface area contributed by atoms with E-state index in [1.165, 1.54) is 12.8 Å². The van der Waals surface area contributed by atoms with Gasteiger partial charge in [0.25, 0.3) is 5.91 Å². The quantitative estimate of drug-likeness (QED) is 0.788. The Morgan fingerprint density at radius 1 is 1.24 bits per heavy atom. The van der Waals surface area contributed by atoms with Crippen LogP contribution in [0.15, 0.2) is 42.7 Å². The van der Waals surface area contributed by atoms with Gasteiger partial charge in [-0.2, -0.15) is 5.10 Å². The lowest BCUT2D eigenvalue weighted by atomic mass is 9.71. The van der Waals surface area contributed by atoms with Crippen LogP contribution < -0.4 is 0 Å². The number of aromatic nitrogens is 3. The average Bonchev–Trinajstić information content (AvgIpc) is 3.04. The van der Waals surface area contributed by atoms with Crippen LogP contribution in [0.3, 0.4) is 0 Å². The van der Waals surface area contributed by atoms with Crippen molar-refractivity contribution in [3.63, 3.8) is 0 Å². The fourth-order valence-corrected chi connectivity index (χ4v) is 4.19. The maximum absolute atomic E-state index is 13.1. The van der Waals surface area contributed by atoms with Crippen molar-refractivity contribution in [3.8, 4) is 5.82 Å². The Balaban J connectivity index is 1.57. The number of rotatable bonds is 2. The number of nitrogens with zero attached hydrogens (tertiary/aromatic N) is 4. The SMILES string of the molecule is Cc1c(C(=O)N2CCCC3(CC=CCC3)C2)cnn1-c1ccccn1. The van der Waals surface area contributed by atoms with E-state index < -0.39 is 0 Å². The van der Waals surface area contributed by atoms with Gasteiger partial charge in [-0.15, -0.1) is 0 Å². The Labute approximate surface area is 148 Å². The van der Waals surface area contributed by atoms with Gasteiger partial charge in [0.15, 0.2) is 5.82 Å². The number of allylic oxidation sites excluding steroid dienone is 2. The smallest absolute Gasteiger partial charge is 0.257 e. The Morgan fingerprint density at radius 2 is 2.16 bits per heavy atom. The summed E-state index contributed by atoms with van der Waals surface area (Å²) in [4.78, 5) is 19.5. The molecule has 1 saturated heterocycles. The van der Waals surface area contributed by atoms with E-state index in [-0.39, 0.29) is 11.3 Å². The first kappa shape index (κ1) is 16.1. The third-order valence-electron chi connectivity index (χ3n) is 5.61. The van der Waals surface area contributed by atoms with Gasteiger partial charge in [-0.3, -0.25) is 4.79 Å². The summed E-state index contributed by atoms with van der Waals surface area (Å²) in [7, 11) is 0. The summed E-state index contributed by atoms with van der Waals surface area (Å²) in [5, 5.41) is 4.40. The molecule has 1 unspecified atom stereocenters. The lowest BCUT2D eigenvalue weighted by molar-refractivity contribution is 0.0483. The Hall–Kier alpha value is -2.43. The molecule has 25 heavy (non-hydrogen) atoms. The van der Waals surface area contributed by atoms with Crippen molar-refractivity contribution in [2.24, 2.45) is 5.41 Å². The molecule has 0 N–H and O–H groups in total. The van der Waals surface area contributed by atoms with Crippen LogP contribution in [0.4, 0.5) is 0 Å². The highest BCUT2D eigenvalue weighted by Gasteiger charge is 2.37. The Morgan fingerprint density at radius 3 is 2.92 bits per heavy atom. The first-order valence-corrected chi connectivity index (χ1v) is 9.09. The number of carbonyl (C=O) groups excluding carboxylic acids is 1. The second kappa shape index (κ2) is 6.47. The molecule has 1 atom stereocenters. The van der Waals surface area contributed by atoms with E-state index in [2.05, 4.69) is 22.2 Å². The number of amides is 1. The number of carbonyl (C=O) groups is 1. The van der Waals surface area contributed by atoms with Gasteiger partial charge in [0.2, 0.25) is 0 Å². The highest BCUT2D eigenvalue weighted by atomic mass is 16.2. The summed E-state index contributed by atoms with van der Waals surface area (Å²) in [5.74, 6) is 0.847. The number of likely N-dealkylation sites (tertiary alicyclic amines) is 1. The molecular weight excluding hydrogens is 312 g/mol. The zero-order valence-corrected chi connectivity index (χ0v) is 14.7. The van der Waals surface area contributed by atoms with Gasteiger partial charge >= 0.3 is 0 Å². The molecule has 1 aliphatic heterocycles. The summed E-state index contributed by atoms with van der Waals surface area (Å²) in [5.41, 5.74) is 1.83. The van der Waals surface area contributed by atoms with Gasteiger partial charge in [0, 0.05) is 19.3 Å². The van der Waals surface area contributed by atoms with Crippen LogP contribution in [0.2, 0.25) is 0 Å². The van der Waals surface area contributed by atoms with E-state index in [4.69, 9.17) is 0 Å². The van der Waals surface area contributed by atoms with E-state index in [9.17, 15) is 4.79 Å². The van der Waals surface area contributed by atoms with Crippen LogP contribution in [0, 0.1) is 12.3 Å². The van der Waals surface area contributed by atoms with Gasteiger partial charge in [-0.25, -0.2) is 9.67 Å². The molecule has 0 bridgehead atoms. The van der Waals surface area contributed by atoms with Crippen LogP contribution in [0.1, 0.15) is 48.2 Å². The molecule has 130 valence electrons. The van der Waals surface area contributed by atoms with Crippen molar-refractivity contribution in [1.82, 2.24) is 19.7 Å². The van der Waals surface area contributed by atoms with Gasteiger partial charge in [-0.05, 0) is 56.6 Å². The molecule has 2 aliphatic rings. The largest absolute Gasteiger partial charge is 0.338 e. The van der Waals surface area contributed by atoms with Crippen LogP contribution in [0.25, 0.3) is 5.82 Å². The van der Waals surface area contributed by atoms with E-state index in [1.54, 1.807) is 17.1 Å². The standard InChI is InChI=1S/C20H24N4O/c1-16-17(14-22-24(16)18-8-3-6-12-21-18)19(25)23-13-7-11-20(15-23)9-4-2-5-10-20/h2-4,6,8,12,14H,5,7,9-11,13,15H2,1H3. The average molecular weight is 336 g/mol. The van der Waals surface area contributed by atoms with Crippen LogP contribution in [0.5, 0.6) is 0 Å². The third kappa shape index (κ3) is 2.99. The van der Waals surface area contributed by atoms with Gasteiger partial charge in [0.1, 0.15) is 0 Å². The first-order valence-electron chi connectivity index (χ1n) is 9.09. The number of hydrogen-bond donors (Lipinski definition) is 0. The zero-order chi connectivity index (χ0) is 17.3. The minimum absolute atomic E-state index is 0.105. The van der Waals surface area contributed by atoms with E-state index >= 15 is 0 Å². The molecule has 1 amide bonds. The topological polar surface area (TPSA) is 51.0 Å². The lowest BCUT2D eigenvalue weighted by Crippen LogP contribution is -2.46. The van der Waals surface area contributed by atoms with Crippen LogP contribution >= 0.6 is 0 Å². The number of hydrogen-bond acceptors (Lipinski definition) is 3. The van der Waals surface area contributed by atoms with Gasteiger partial charge in [-0.1, -0.05) is 18.2 Å². The van der Waals surface area contributed by atoms with Crippen molar-refractivity contribution >= 4 is 5.91 Å². The van der Waals surface area contributed by atoms with Crippen molar-refractivity contribution in [1.29, 1.82) is 0 Å². The fraction of sp³-hybridized carbons (Fsp3) is 0.450. The second-order valence-electron chi connectivity index (χ2n) is 7.29. The molecule has 1 fully saturated rings. The molecule has 2 aromatic rings. The number of piperidine rings is 1. The van der Waals surface area contributed by atoms with Crippen LogP contribution in [-0.2, 0) is 0 Å². The minimum Gasteiger partial charge on any atom is -0.338 e. The minimum atomic E-state index is 0.105. The predicted molar refractivity (Wildman–Crippen MR) is 96.7 cm³/mol. The van der Waals surface area contributed by atoms with Gasteiger partial charge in [0.05, 0.1) is 17.5 Å². The highest BCUT2D eigenvalue weighted by Crippen LogP contribution is 2.41. The summed E-state index contributed by atoms with van der Waals surface area (Å²) >= 11 is 0. The summed E-state index contributed by atoms with van der Waals surface area (Å²) in [6.07, 6.45) is 13.7. The summed E-state index contributed by atoms with van der Waals surface area (Å²) < 4.78 is 1.75. The van der Waals surface area contributed by atoms with E-state index in [0.29, 0.717) is 5.56 Å². The molecule has 0 radical (unpaired) electrons. The zero-order valence-electron chi connectivity index (χ0n) is 14.7. The summed E-state index contributed by atoms with van der Waals surface area (Å²) in [6, 6.07) is 5.70. The van der Waals surface area contributed by atoms with Crippen molar-refractivity contribution in [3.05, 3.63) is 54.0 Å². The monoisotopic (exact) mass is 336 g/mol. The van der Waals surface area contributed by atoms with E-state index in [0.717, 1.165) is 43.9 Å². The molecule has 0 saturated carbocycles. The van der Waals surface area contributed by atoms with E-state index in [1.807, 2.05) is 30.0 Å². The molecule has 2 aromatic heterocycles. The molecule has 5 heteroatoms. The third-order valence-corrected chi connectivity index (χ3v) is 5.61. The maximum Gasteiger partial charge on any atom is 0.257 e. The highest BCUT2D eigenvalue weighted by molar-refractivity contribution is 5.95. The molecule has 1 spiro atoms. The predicted octanol–water partition coefficient (Wildman–Crippen LogP) is 3.54. The Bertz CT molecular complexity index is 795. The second-order valence-corrected chi connectivity index (χ2v) is 7.29. The fourth-order valence-electron chi connectivity index (χ4n) is 4.19. The first-order chi connectivity index (χ1) is 12.2. The Kier molecular flexibility index (Phi) is 4.15. The van der Waals surface area contributed by atoms with Crippen LogP contribution in [-0.4, -0.2) is 38.7 Å². The van der Waals surface area contributed by atoms with Gasteiger partial charge < -0.3 is 4.90 Å². The normalized spacial score (nSPS) is 23.2. The molecule has 3 heterocycles. The number of pyridine rings is 1. The van der Waals surface area contributed by atoms with Crippen molar-refractivity contribution < 1.29 is 4.79 Å². The summed E-state index contributed by atoms with van der Waals surface area (Å²) in [6.45, 7) is 3.65. The molecular formula is C20H24N4O. The van der Waals surface area contributed by atoms with Crippen molar-refractivity contribution in [2.45, 2.75) is 39.0 Å². The molecule has 0 aromatic carbocycles.